The molecule has 0 aliphatic rings. The van der Waals surface area contributed by atoms with E-state index in [0.717, 1.165) is 19.3 Å². The first-order valence-corrected chi connectivity index (χ1v) is 24.9. The van der Waals surface area contributed by atoms with Crippen molar-refractivity contribution < 1.29 is 0 Å². The van der Waals surface area contributed by atoms with E-state index >= 15 is 0 Å². The van der Waals surface area contributed by atoms with Crippen LogP contribution in [0.2, 0.25) is 0 Å². The van der Waals surface area contributed by atoms with Crippen LogP contribution in [0.1, 0.15) is 224 Å². The van der Waals surface area contributed by atoms with Crippen molar-refractivity contribution in [3.8, 4) is 0 Å². The van der Waals surface area contributed by atoms with Gasteiger partial charge in [-0.25, -0.2) is 0 Å². The van der Waals surface area contributed by atoms with E-state index in [1.807, 2.05) is 0 Å². The van der Waals surface area contributed by atoms with Crippen LogP contribution in [-0.4, -0.2) is 0 Å². The van der Waals surface area contributed by atoms with Crippen molar-refractivity contribution in [2.75, 3.05) is 0 Å². The topological polar surface area (TPSA) is 0 Å². The Balaban J connectivity index is 4.95. The summed E-state index contributed by atoms with van der Waals surface area (Å²) in [6.45, 7) is 27.0. The van der Waals surface area contributed by atoms with Crippen LogP contribution in [0.25, 0.3) is 0 Å². The Morgan fingerprint density at radius 3 is 1.17 bits per heavy atom. The minimum absolute atomic E-state index is 0.642. The molecule has 0 amide bonds. The van der Waals surface area contributed by atoms with Gasteiger partial charge in [0.15, 0.2) is 0 Å². The number of rotatable bonds is 35. The van der Waals surface area contributed by atoms with Crippen molar-refractivity contribution >= 4 is 0 Å². The molecule has 0 saturated heterocycles. The molecule has 0 N–H and O–H groups in total. The van der Waals surface area contributed by atoms with Gasteiger partial charge in [-0.1, -0.05) is 258 Å². The number of hydrogen-bond acceptors (Lipinski definition) is 0. The lowest BCUT2D eigenvalue weighted by Crippen LogP contribution is -2.02. The van der Waals surface area contributed by atoms with E-state index in [9.17, 15) is 0 Å². The van der Waals surface area contributed by atoms with E-state index in [1.54, 1.807) is 5.57 Å². The highest BCUT2D eigenvalue weighted by Gasteiger charge is 2.10. The van der Waals surface area contributed by atoms with Crippen LogP contribution in [0.4, 0.5) is 0 Å². The average molecular weight is 819 g/mol. The monoisotopic (exact) mass is 819 g/mol. The smallest absolute Gasteiger partial charge is 0.0168 e. The van der Waals surface area contributed by atoms with E-state index in [0.29, 0.717) is 11.8 Å². The molecule has 0 aromatic rings. The molecule has 0 rings (SSSR count). The van der Waals surface area contributed by atoms with Crippen molar-refractivity contribution in [3.05, 3.63) is 142 Å². The molecule has 0 bridgehead atoms. The summed E-state index contributed by atoms with van der Waals surface area (Å²) in [6.07, 6.45) is 65.5. The molecule has 0 heteroatoms. The summed E-state index contributed by atoms with van der Waals surface area (Å²) in [5, 5.41) is 0. The third-order valence-corrected chi connectivity index (χ3v) is 11.7. The van der Waals surface area contributed by atoms with Crippen molar-refractivity contribution in [2.45, 2.75) is 224 Å². The highest BCUT2D eigenvalue weighted by Crippen LogP contribution is 2.26. The van der Waals surface area contributed by atoms with E-state index in [4.69, 9.17) is 0 Å². The van der Waals surface area contributed by atoms with Gasteiger partial charge in [-0.15, -0.1) is 0 Å². The van der Waals surface area contributed by atoms with Crippen LogP contribution in [0.15, 0.2) is 142 Å². The molecule has 60 heavy (non-hydrogen) atoms. The van der Waals surface area contributed by atoms with Crippen LogP contribution in [0, 0.1) is 11.8 Å². The Morgan fingerprint density at radius 1 is 0.367 bits per heavy atom. The quantitative estimate of drug-likeness (QED) is 0.0339. The standard InChI is InChI=1S/C60H98/c1-13-15-17-19-21-23-25-27-45-59(49-47-51(3)4)57(11)43-33-41-55(9)39-31-37-53(7)35-29-30-36-54(8)38-32-40-56(10)42-34-44-58(12)60(50-48-52(5)6)46-28-26-24-22-20-18-16-14-2/h29-33,35-41,43-44,47-48,59-60H,13-28,34,42,45-46,49-50H2,1-12H3/b30-29+,37-31+,38-32+,41-33+,53-35+,54-36+,55-39+,56-40+,57-43+,58-44+. The Labute approximate surface area is 376 Å². The molecule has 0 radical (unpaired) electrons. The lowest BCUT2D eigenvalue weighted by atomic mass is 9.89. The number of allylic oxidation sites excluding steroid dienone is 24. The van der Waals surface area contributed by atoms with Crippen LogP contribution < -0.4 is 0 Å². The van der Waals surface area contributed by atoms with Gasteiger partial charge in [-0.3, -0.25) is 0 Å². The van der Waals surface area contributed by atoms with Crippen LogP contribution in [0.3, 0.4) is 0 Å². The second-order valence-electron chi connectivity index (χ2n) is 18.6. The largest absolute Gasteiger partial charge is 0.0853 e. The molecule has 0 aliphatic carbocycles. The maximum Gasteiger partial charge on any atom is -0.0168 e. The van der Waals surface area contributed by atoms with Crippen molar-refractivity contribution in [2.24, 2.45) is 11.8 Å². The highest BCUT2D eigenvalue weighted by atomic mass is 14.2. The van der Waals surface area contributed by atoms with E-state index in [1.165, 1.54) is 161 Å². The summed E-state index contributed by atoms with van der Waals surface area (Å²) in [4.78, 5) is 0. The number of unbranched alkanes of at least 4 members (excludes halogenated alkanes) is 14. The van der Waals surface area contributed by atoms with Crippen LogP contribution >= 0.6 is 0 Å². The summed E-state index contributed by atoms with van der Waals surface area (Å²) < 4.78 is 0. The fourth-order valence-corrected chi connectivity index (χ4v) is 7.43. The molecule has 0 spiro atoms. The van der Waals surface area contributed by atoms with Gasteiger partial charge in [0.05, 0.1) is 0 Å². The second kappa shape index (κ2) is 40.0. The van der Waals surface area contributed by atoms with Gasteiger partial charge >= 0.3 is 0 Å². The molecule has 0 fully saturated rings. The van der Waals surface area contributed by atoms with E-state index in [2.05, 4.69) is 180 Å². The molecule has 0 heterocycles. The van der Waals surface area contributed by atoms with E-state index in [-0.39, 0.29) is 0 Å². The van der Waals surface area contributed by atoms with Gasteiger partial charge in [0.2, 0.25) is 0 Å². The molecule has 2 atom stereocenters. The third-order valence-electron chi connectivity index (χ3n) is 11.7. The predicted molar refractivity (Wildman–Crippen MR) is 278 cm³/mol. The van der Waals surface area contributed by atoms with Crippen molar-refractivity contribution in [1.82, 2.24) is 0 Å². The molecule has 0 aromatic heterocycles. The summed E-state index contributed by atoms with van der Waals surface area (Å²) in [6, 6.07) is 0. The fourth-order valence-electron chi connectivity index (χ4n) is 7.43. The van der Waals surface area contributed by atoms with Gasteiger partial charge < -0.3 is 0 Å². The summed E-state index contributed by atoms with van der Waals surface area (Å²) in [5.41, 5.74) is 11.1. The Bertz CT molecular complexity index is 1450. The van der Waals surface area contributed by atoms with Gasteiger partial charge in [-0.2, -0.15) is 0 Å². The fraction of sp³-hybridized carbons (Fsp3) is 0.600. The minimum Gasteiger partial charge on any atom is -0.0853 e. The van der Waals surface area contributed by atoms with Gasteiger partial charge in [0.1, 0.15) is 0 Å². The van der Waals surface area contributed by atoms with Crippen molar-refractivity contribution in [1.29, 1.82) is 0 Å². The molecular formula is C60H98. The zero-order chi connectivity index (χ0) is 44.6. The molecular weight excluding hydrogens is 721 g/mol. The first-order valence-electron chi connectivity index (χ1n) is 24.9. The maximum absolute atomic E-state index is 2.52. The first kappa shape index (κ1) is 56.9. The first-order chi connectivity index (χ1) is 28.9. The highest BCUT2D eigenvalue weighted by molar-refractivity contribution is 5.32. The Hall–Kier alpha value is -3.12. The normalized spacial score (nSPS) is 15.0. The molecule has 0 saturated carbocycles. The van der Waals surface area contributed by atoms with Gasteiger partial charge in [-0.05, 0) is 120 Å². The Morgan fingerprint density at radius 2 is 0.733 bits per heavy atom. The lowest BCUT2D eigenvalue weighted by Gasteiger charge is -2.17. The number of hydrogen-bond donors (Lipinski definition) is 0. The lowest BCUT2D eigenvalue weighted by molar-refractivity contribution is 0.499. The Kier molecular flexibility index (Phi) is 37.9. The minimum atomic E-state index is 0.642. The van der Waals surface area contributed by atoms with Gasteiger partial charge in [0.25, 0.3) is 0 Å². The maximum atomic E-state index is 2.52. The summed E-state index contributed by atoms with van der Waals surface area (Å²) in [5.74, 6) is 1.33. The van der Waals surface area contributed by atoms with E-state index < -0.39 is 0 Å². The zero-order valence-corrected chi connectivity index (χ0v) is 41.9. The third kappa shape index (κ3) is 36.7. The second-order valence-corrected chi connectivity index (χ2v) is 18.6. The molecule has 2 unspecified atom stereocenters. The van der Waals surface area contributed by atoms with Gasteiger partial charge in [0, 0.05) is 0 Å². The van der Waals surface area contributed by atoms with Crippen molar-refractivity contribution in [3.63, 3.8) is 0 Å². The molecule has 0 aromatic carbocycles. The SMILES string of the molecule is CCCCCCCCCCC(CC=C(C)C)/C(C)=C/C=C/C(C)=C/C=C/C(C)=C/C=C/C=C(C)/C=C/C=C(\C)CC/C=C(\C)C(CC=C(C)C)CCCCCCCCCC. The molecule has 338 valence electrons. The van der Waals surface area contributed by atoms with Crippen LogP contribution in [0.5, 0.6) is 0 Å². The average Bonchev–Trinajstić information content (AvgIpc) is 3.20. The summed E-state index contributed by atoms with van der Waals surface area (Å²) >= 11 is 0. The zero-order valence-electron chi connectivity index (χ0n) is 41.9. The van der Waals surface area contributed by atoms with Crippen LogP contribution in [-0.2, 0) is 0 Å². The predicted octanol–water partition coefficient (Wildman–Crippen LogP) is 20.7. The molecule has 0 aliphatic heterocycles. The summed E-state index contributed by atoms with van der Waals surface area (Å²) in [7, 11) is 0. The molecule has 0 nitrogen and oxygen atoms in total.